The molecule has 4 nitrogen and oxygen atoms in total. The summed E-state index contributed by atoms with van der Waals surface area (Å²) >= 11 is 3.42. The van der Waals surface area contributed by atoms with E-state index in [0.29, 0.717) is 24.6 Å². The molecule has 0 aliphatic heterocycles. The van der Waals surface area contributed by atoms with E-state index in [4.69, 9.17) is 5.73 Å². The standard InChI is InChI=1S/C14H24BrN3O/c1-3-9-18-14(12(15)10-17-18)13(19)6-5-11(4-2)7-8-16/h10-11H,3-9,16H2,1-2H3. The lowest BCUT2D eigenvalue weighted by Gasteiger charge is -2.13. The lowest BCUT2D eigenvalue weighted by atomic mass is 9.95. The van der Waals surface area contributed by atoms with Crippen molar-refractivity contribution < 1.29 is 4.79 Å². The van der Waals surface area contributed by atoms with Crippen LogP contribution in [0.15, 0.2) is 10.7 Å². The van der Waals surface area contributed by atoms with Crippen LogP contribution in [-0.2, 0) is 6.54 Å². The molecule has 0 radical (unpaired) electrons. The molecule has 0 aliphatic carbocycles. The summed E-state index contributed by atoms with van der Waals surface area (Å²) < 4.78 is 2.61. The van der Waals surface area contributed by atoms with Crippen LogP contribution in [0.4, 0.5) is 0 Å². The van der Waals surface area contributed by atoms with Crippen LogP contribution in [0.3, 0.4) is 0 Å². The number of aryl methyl sites for hydroxylation is 1. The van der Waals surface area contributed by atoms with Gasteiger partial charge in [-0.15, -0.1) is 0 Å². The fourth-order valence-corrected chi connectivity index (χ4v) is 2.78. The predicted molar refractivity (Wildman–Crippen MR) is 81.2 cm³/mol. The van der Waals surface area contributed by atoms with Crippen LogP contribution in [-0.4, -0.2) is 22.1 Å². The smallest absolute Gasteiger partial charge is 0.182 e. The summed E-state index contributed by atoms with van der Waals surface area (Å²) in [7, 11) is 0. The van der Waals surface area contributed by atoms with Crippen LogP contribution in [0.1, 0.15) is 56.4 Å². The van der Waals surface area contributed by atoms with Crippen molar-refractivity contribution in [2.24, 2.45) is 11.7 Å². The van der Waals surface area contributed by atoms with E-state index in [-0.39, 0.29) is 5.78 Å². The van der Waals surface area contributed by atoms with Gasteiger partial charge in [0, 0.05) is 13.0 Å². The van der Waals surface area contributed by atoms with Crippen LogP contribution in [0, 0.1) is 5.92 Å². The van der Waals surface area contributed by atoms with Gasteiger partial charge < -0.3 is 5.73 Å². The molecular formula is C14H24BrN3O. The Labute approximate surface area is 123 Å². The van der Waals surface area contributed by atoms with Gasteiger partial charge in [0.1, 0.15) is 5.69 Å². The van der Waals surface area contributed by atoms with Gasteiger partial charge in [0.15, 0.2) is 5.78 Å². The number of Topliss-reactive ketones (excluding diaryl/α,β-unsaturated/α-hetero) is 1. The number of nitrogens with two attached hydrogens (primary N) is 1. The average Bonchev–Trinajstić information content (AvgIpc) is 2.76. The normalized spacial score (nSPS) is 12.6. The molecule has 1 heterocycles. The third-order valence-corrected chi connectivity index (χ3v) is 4.01. The van der Waals surface area contributed by atoms with E-state index in [9.17, 15) is 4.79 Å². The lowest BCUT2D eigenvalue weighted by Crippen LogP contribution is -2.14. The van der Waals surface area contributed by atoms with Gasteiger partial charge in [-0.2, -0.15) is 5.10 Å². The summed E-state index contributed by atoms with van der Waals surface area (Å²) in [6.07, 6.45) is 6.25. The maximum Gasteiger partial charge on any atom is 0.182 e. The average molecular weight is 330 g/mol. The summed E-state index contributed by atoms with van der Waals surface area (Å²) in [5.74, 6) is 0.726. The molecule has 5 heteroatoms. The highest BCUT2D eigenvalue weighted by Crippen LogP contribution is 2.21. The SMILES string of the molecule is CCCn1ncc(Br)c1C(=O)CCC(CC)CCN. The molecular weight excluding hydrogens is 306 g/mol. The highest BCUT2D eigenvalue weighted by Gasteiger charge is 2.18. The number of carbonyl (C=O) groups excluding carboxylic acids is 1. The second kappa shape index (κ2) is 8.48. The van der Waals surface area contributed by atoms with Gasteiger partial charge in [-0.1, -0.05) is 20.3 Å². The summed E-state index contributed by atoms with van der Waals surface area (Å²) in [5.41, 5.74) is 6.30. The maximum absolute atomic E-state index is 12.3. The molecule has 0 spiro atoms. The Kier molecular flexibility index (Phi) is 7.31. The molecule has 1 atom stereocenters. The number of ketones is 1. The minimum atomic E-state index is 0.174. The Morgan fingerprint density at radius 2 is 2.21 bits per heavy atom. The minimum absolute atomic E-state index is 0.174. The molecule has 0 saturated carbocycles. The zero-order valence-corrected chi connectivity index (χ0v) is 13.4. The second-order valence-electron chi connectivity index (χ2n) is 4.88. The van der Waals surface area contributed by atoms with Crippen LogP contribution in [0.25, 0.3) is 0 Å². The fraction of sp³-hybridized carbons (Fsp3) is 0.714. The van der Waals surface area contributed by atoms with E-state index >= 15 is 0 Å². The highest BCUT2D eigenvalue weighted by molar-refractivity contribution is 9.10. The van der Waals surface area contributed by atoms with Crippen molar-refractivity contribution in [2.45, 2.75) is 52.5 Å². The molecule has 1 unspecified atom stereocenters. The number of hydrogen-bond acceptors (Lipinski definition) is 3. The van der Waals surface area contributed by atoms with Crippen molar-refractivity contribution in [1.29, 1.82) is 0 Å². The zero-order valence-electron chi connectivity index (χ0n) is 11.9. The first-order valence-corrected chi connectivity index (χ1v) is 7.87. The third kappa shape index (κ3) is 4.73. The van der Waals surface area contributed by atoms with Crippen molar-refractivity contribution >= 4 is 21.7 Å². The number of carbonyl (C=O) groups is 1. The van der Waals surface area contributed by atoms with Crippen LogP contribution in [0.5, 0.6) is 0 Å². The molecule has 0 aliphatic rings. The van der Waals surface area contributed by atoms with Gasteiger partial charge in [0.05, 0.1) is 10.7 Å². The summed E-state index contributed by atoms with van der Waals surface area (Å²) in [6, 6.07) is 0. The van der Waals surface area contributed by atoms with Gasteiger partial charge in [0.2, 0.25) is 0 Å². The van der Waals surface area contributed by atoms with E-state index < -0.39 is 0 Å². The number of nitrogens with zero attached hydrogens (tertiary/aromatic N) is 2. The zero-order chi connectivity index (χ0) is 14.3. The Balaban J connectivity index is 2.64. The van der Waals surface area contributed by atoms with E-state index in [1.54, 1.807) is 10.9 Å². The number of rotatable bonds is 9. The van der Waals surface area contributed by atoms with E-state index in [0.717, 1.165) is 36.7 Å². The predicted octanol–water partition coefficient (Wildman–Crippen LogP) is 3.39. The van der Waals surface area contributed by atoms with Crippen molar-refractivity contribution in [2.75, 3.05) is 6.54 Å². The van der Waals surface area contributed by atoms with E-state index in [1.807, 2.05) is 0 Å². The maximum atomic E-state index is 12.3. The molecule has 0 aromatic carbocycles. The molecule has 19 heavy (non-hydrogen) atoms. The van der Waals surface area contributed by atoms with Crippen molar-refractivity contribution in [3.8, 4) is 0 Å². The van der Waals surface area contributed by atoms with Crippen molar-refractivity contribution in [1.82, 2.24) is 9.78 Å². The third-order valence-electron chi connectivity index (χ3n) is 3.43. The van der Waals surface area contributed by atoms with Gasteiger partial charge in [-0.3, -0.25) is 9.48 Å². The number of hydrogen-bond donors (Lipinski definition) is 1. The Morgan fingerprint density at radius 1 is 1.47 bits per heavy atom. The van der Waals surface area contributed by atoms with Crippen LogP contribution in [0.2, 0.25) is 0 Å². The van der Waals surface area contributed by atoms with Gasteiger partial charge >= 0.3 is 0 Å². The molecule has 0 saturated heterocycles. The summed E-state index contributed by atoms with van der Waals surface area (Å²) in [6.45, 7) is 5.72. The van der Waals surface area contributed by atoms with E-state index in [2.05, 4.69) is 34.9 Å². The quantitative estimate of drug-likeness (QED) is 0.706. The number of aromatic nitrogens is 2. The Morgan fingerprint density at radius 3 is 2.79 bits per heavy atom. The molecule has 2 N–H and O–H groups in total. The number of halogens is 1. The van der Waals surface area contributed by atoms with Gasteiger partial charge in [0.25, 0.3) is 0 Å². The highest BCUT2D eigenvalue weighted by atomic mass is 79.9. The minimum Gasteiger partial charge on any atom is -0.330 e. The van der Waals surface area contributed by atoms with Crippen molar-refractivity contribution in [3.05, 3.63) is 16.4 Å². The van der Waals surface area contributed by atoms with E-state index in [1.165, 1.54) is 0 Å². The topological polar surface area (TPSA) is 60.9 Å². The summed E-state index contributed by atoms with van der Waals surface area (Å²) in [4.78, 5) is 12.3. The molecule has 1 aromatic heterocycles. The van der Waals surface area contributed by atoms with Crippen molar-refractivity contribution in [3.63, 3.8) is 0 Å². The first-order chi connectivity index (χ1) is 9.13. The second-order valence-corrected chi connectivity index (χ2v) is 5.73. The first-order valence-electron chi connectivity index (χ1n) is 7.08. The Hall–Kier alpha value is -0.680. The largest absolute Gasteiger partial charge is 0.330 e. The van der Waals surface area contributed by atoms with Crippen LogP contribution < -0.4 is 5.73 Å². The Bertz CT molecular complexity index is 403. The van der Waals surface area contributed by atoms with Gasteiger partial charge in [-0.25, -0.2) is 0 Å². The molecule has 1 aromatic rings. The molecule has 0 bridgehead atoms. The summed E-state index contributed by atoms with van der Waals surface area (Å²) in [5, 5.41) is 4.24. The van der Waals surface area contributed by atoms with Crippen LogP contribution >= 0.6 is 15.9 Å². The first kappa shape index (κ1) is 16.4. The lowest BCUT2D eigenvalue weighted by molar-refractivity contribution is 0.0961. The van der Waals surface area contributed by atoms with Gasteiger partial charge in [-0.05, 0) is 47.7 Å². The molecule has 1 rings (SSSR count). The fourth-order valence-electron chi connectivity index (χ4n) is 2.26. The molecule has 0 amide bonds. The molecule has 108 valence electrons. The monoisotopic (exact) mass is 329 g/mol. The molecule has 0 fully saturated rings.